The summed E-state index contributed by atoms with van der Waals surface area (Å²) in [5.74, 6) is -0.156. The Hall–Kier alpha value is -0.310. The molecule has 1 aromatic rings. The Kier molecular flexibility index (Phi) is 9.71. The molecule has 1 rings (SSSR count). The number of hydrogen-bond acceptors (Lipinski definition) is 5. The molecule has 0 bridgehead atoms. The van der Waals surface area contributed by atoms with Gasteiger partial charge in [-0.2, -0.15) is 0 Å². The molecule has 18 heavy (non-hydrogen) atoms. The number of pyridine rings is 1. The molecule has 0 amide bonds. The fourth-order valence-corrected chi connectivity index (χ4v) is 0.910. The first-order valence-corrected chi connectivity index (χ1v) is 5.79. The Labute approximate surface area is 126 Å². The smallest absolute Gasteiger partial charge is 1.00 e. The Morgan fingerprint density at radius 2 is 1.89 bits per heavy atom. The fourth-order valence-electron chi connectivity index (χ4n) is 0.910. The number of aromatic hydroxyl groups is 1. The number of aryl methyl sites for hydroxylation is 1. The Balaban J connectivity index is -0.000000320. The van der Waals surface area contributed by atoms with Crippen molar-refractivity contribution < 1.29 is 65.2 Å². The van der Waals surface area contributed by atoms with Gasteiger partial charge in [-0.15, -0.1) is 0 Å². The van der Waals surface area contributed by atoms with Crippen molar-refractivity contribution in [2.24, 2.45) is 0 Å². The second-order valence-electron chi connectivity index (χ2n) is 2.92. The molecule has 98 valence electrons. The van der Waals surface area contributed by atoms with Gasteiger partial charge >= 0.3 is 37.4 Å². The number of aldehydes is 1. The number of nitrogens with zero attached hydrogens (tertiary/aromatic N) is 1. The van der Waals surface area contributed by atoms with Crippen LogP contribution in [0.15, 0.2) is 6.20 Å². The number of rotatable bonds is 2. The van der Waals surface area contributed by atoms with Crippen LogP contribution in [-0.4, -0.2) is 36.2 Å². The number of hydrogen-bond donors (Lipinski definition) is 5. The van der Waals surface area contributed by atoms with Gasteiger partial charge in [0.25, 0.3) is 0 Å². The number of aliphatic hydroxyl groups excluding tert-OH is 1. The van der Waals surface area contributed by atoms with Crippen LogP contribution in [0.3, 0.4) is 0 Å². The van der Waals surface area contributed by atoms with Crippen molar-refractivity contribution in [1.82, 2.24) is 4.98 Å². The minimum atomic E-state index is -4.64. The SMILES string of the molecule is Cc1ncc(CO)c(C=O)c1O.O=P(O)(O)O.[H-].[Na+]. The number of carbonyl (C=O) groups excluding carboxylic acids is 1. The number of aliphatic hydroxyl groups is 1. The van der Waals surface area contributed by atoms with Crippen LogP contribution in [0.5, 0.6) is 5.75 Å². The third-order valence-electron chi connectivity index (χ3n) is 1.65. The average molecular weight is 289 g/mol. The quantitative estimate of drug-likeness (QED) is 0.215. The summed E-state index contributed by atoms with van der Waals surface area (Å²) in [5, 5.41) is 18.1. The van der Waals surface area contributed by atoms with Crippen LogP contribution in [0.2, 0.25) is 0 Å². The van der Waals surface area contributed by atoms with Gasteiger partial charge in [-0.05, 0) is 6.92 Å². The first-order valence-electron chi connectivity index (χ1n) is 4.22. The Morgan fingerprint density at radius 3 is 2.22 bits per heavy atom. The maximum absolute atomic E-state index is 10.5. The van der Waals surface area contributed by atoms with E-state index in [0.717, 1.165) is 0 Å². The normalized spacial score (nSPS) is 9.83. The van der Waals surface area contributed by atoms with Gasteiger partial charge in [-0.3, -0.25) is 9.78 Å². The summed E-state index contributed by atoms with van der Waals surface area (Å²) >= 11 is 0. The van der Waals surface area contributed by atoms with E-state index in [9.17, 15) is 9.90 Å². The molecule has 0 fully saturated rings. The van der Waals surface area contributed by atoms with Crippen LogP contribution in [0.4, 0.5) is 0 Å². The minimum Gasteiger partial charge on any atom is -1.00 e. The minimum absolute atomic E-state index is 0. The van der Waals surface area contributed by atoms with E-state index in [1.165, 1.54) is 6.20 Å². The van der Waals surface area contributed by atoms with Gasteiger partial charge in [0.1, 0.15) is 5.75 Å². The molecule has 0 aliphatic rings. The largest absolute Gasteiger partial charge is 1.00 e. The maximum Gasteiger partial charge on any atom is 1.00 e. The summed E-state index contributed by atoms with van der Waals surface area (Å²) in [6, 6.07) is 0. The summed E-state index contributed by atoms with van der Waals surface area (Å²) in [7, 11) is -4.64. The van der Waals surface area contributed by atoms with E-state index in [4.69, 9.17) is 24.4 Å². The summed E-state index contributed by atoms with van der Waals surface area (Å²) < 4.78 is 8.88. The molecule has 0 spiro atoms. The molecular formula is C8H13NNaO7P. The average Bonchev–Trinajstić information content (AvgIpc) is 2.19. The van der Waals surface area contributed by atoms with Crippen LogP contribution in [0, 0.1) is 6.92 Å². The van der Waals surface area contributed by atoms with Gasteiger partial charge in [0.05, 0.1) is 17.9 Å². The standard InChI is InChI=1S/C8H9NO3.Na.H3O4P.H/c1-5-8(12)7(4-11)6(3-10)2-9-5;;1-5(2,3)4;/h2,4,10,12H,3H2,1H3;;(H3,1,2,3,4);/q;+1;;-1. The number of carbonyl (C=O) groups is 1. The predicted molar refractivity (Wildman–Crippen MR) is 57.3 cm³/mol. The first kappa shape index (κ1) is 20.0. The molecule has 5 N–H and O–H groups in total. The summed E-state index contributed by atoms with van der Waals surface area (Å²) in [4.78, 5) is 35.8. The maximum atomic E-state index is 10.5. The van der Waals surface area contributed by atoms with Crippen molar-refractivity contribution in [3.63, 3.8) is 0 Å². The van der Waals surface area contributed by atoms with Gasteiger partial charge in [0.2, 0.25) is 0 Å². The van der Waals surface area contributed by atoms with E-state index >= 15 is 0 Å². The third kappa shape index (κ3) is 7.91. The molecule has 0 saturated heterocycles. The van der Waals surface area contributed by atoms with E-state index < -0.39 is 7.82 Å². The molecule has 0 radical (unpaired) electrons. The number of aromatic nitrogens is 1. The van der Waals surface area contributed by atoms with Gasteiger partial charge in [0.15, 0.2) is 6.29 Å². The topological polar surface area (TPSA) is 148 Å². The van der Waals surface area contributed by atoms with Crippen LogP contribution in [-0.2, 0) is 11.2 Å². The van der Waals surface area contributed by atoms with E-state index in [1.807, 2.05) is 0 Å². The Bertz CT molecular complexity index is 445. The zero-order valence-electron chi connectivity index (χ0n) is 10.8. The second kappa shape index (κ2) is 8.73. The van der Waals surface area contributed by atoms with E-state index in [-0.39, 0.29) is 48.9 Å². The van der Waals surface area contributed by atoms with E-state index in [0.29, 0.717) is 17.5 Å². The van der Waals surface area contributed by atoms with E-state index in [2.05, 4.69) is 4.98 Å². The van der Waals surface area contributed by atoms with Crippen LogP contribution in [0.25, 0.3) is 0 Å². The second-order valence-corrected chi connectivity index (χ2v) is 3.95. The number of phosphoric acid groups is 1. The van der Waals surface area contributed by atoms with Gasteiger partial charge in [0, 0.05) is 11.8 Å². The van der Waals surface area contributed by atoms with Crippen LogP contribution < -0.4 is 29.6 Å². The zero-order valence-corrected chi connectivity index (χ0v) is 12.7. The third-order valence-corrected chi connectivity index (χ3v) is 1.65. The van der Waals surface area contributed by atoms with Crippen molar-refractivity contribution in [3.05, 3.63) is 23.0 Å². The molecule has 1 heterocycles. The zero-order chi connectivity index (χ0) is 13.6. The van der Waals surface area contributed by atoms with Crippen molar-refractivity contribution in [2.45, 2.75) is 13.5 Å². The molecule has 0 aromatic carbocycles. The molecule has 10 heteroatoms. The fraction of sp³-hybridized carbons (Fsp3) is 0.250. The molecular weight excluding hydrogens is 276 g/mol. The first-order chi connectivity index (χ1) is 7.70. The molecule has 8 nitrogen and oxygen atoms in total. The van der Waals surface area contributed by atoms with Crippen LogP contribution >= 0.6 is 7.82 Å². The van der Waals surface area contributed by atoms with Crippen molar-refractivity contribution in [2.75, 3.05) is 0 Å². The Morgan fingerprint density at radius 1 is 1.44 bits per heavy atom. The van der Waals surface area contributed by atoms with Crippen molar-refractivity contribution >= 4 is 14.1 Å². The van der Waals surface area contributed by atoms with Crippen molar-refractivity contribution in [1.29, 1.82) is 0 Å². The van der Waals surface area contributed by atoms with Gasteiger partial charge in [-0.25, -0.2) is 4.57 Å². The summed E-state index contributed by atoms with van der Waals surface area (Å²) in [6.07, 6.45) is 1.88. The molecule has 0 atom stereocenters. The molecule has 0 aliphatic carbocycles. The van der Waals surface area contributed by atoms with Crippen molar-refractivity contribution in [3.8, 4) is 5.75 Å². The molecule has 1 aromatic heterocycles. The summed E-state index contributed by atoms with van der Waals surface area (Å²) in [5.41, 5.74) is 0.840. The molecule has 0 aliphatic heterocycles. The predicted octanol–water partition coefficient (Wildman–Crippen LogP) is -3.41. The van der Waals surface area contributed by atoms with E-state index in [1.54, 1.807) is 6.92 Å². The molecule has 0 unspecified atom stereocenters. The van der Waals surface area contributed by atoms with Gasteiger partial charge in [-0.1, -0.05) is 0 Å². The summed E-state index contributed by atoms with van der Waals surface area (Å²) in [6.45, 7) is 1.29. The van der Waals surface area contributed by atoms with Crippen LogP contribution in [0.1, 0.15) is 23.0 Å². The monoisotopic (exact) mass is 289 g/mol. The van der Waals surface area contributed by atoms with Gasteiger partial charge < -0.3 is 26.3 Å². The molecule has 0 saturated carbocycles.